The number of carbonyl (C=O) groups excluding carboxylic acids is 1. The second-order valence-electron chi connectivity index (χ2n) is 8.23. The first-order chi connectivity index (χ1) is 15.2. The Morgan fingerprint density at radius 1 is 0.938 bits per heavy atom. The van der Waals surface area contributed by atoms with Crippen molar-refractivity contribution in [3.05, 3.63) is 95.8 Å². The van der Waals surface area contributed by atoms with Crippen LogP contribution in [-0.2, 0) is 24.2 Å². The molecule has 1 aromatic heterocycles. The molecule has 1 aliphatic rings. The monoisotopic (exact) mass is 444 g/mol. The van der Waals surface area contributed by atoms with Gasteiger partial charge in [0.1, 0.15) is 5.82 Å². The van der Waals surface area contributed by atoms with Crippen molar-refractivity contribution in [3.63, 3.8) is 0 Å². The number of hydrogen-bond acceptors (Lipinski definition) is 2. The molecule has 0 aliphatic carbocycles. The molecule has 0 radical (unpaired) electrons. The third kappa shape index (κ3) is 4.15. The van der Waals surface area contributed by atoms with Gasteiger partial charge in [-0.1, -0.05) is 67.6 Å². The number of fused-ring (bicyclic) bond motifs is 1. The molecule has 0 saturated carbocycles. The van der Waals surface area contributed by atoms with Crippen LogP contribution in [0.5, 0.6) is 0 Å². The van der Waals surface area contributed by atoms with E-state index < -0.39 is 0 Å². The average Bonchev–Trinajstić information content (AvgIpc) is 3.38. The zero-order valence-electron chi connectivity index (χ0n) is 18.2. The van der Waals surface area contributed by atoms with Crippen LogP contribution >= 0.6 is 0 Å². The fourth-order valence-electron chi connectivity index (χ4n) is 4.71. The molecular formula is C27H27ClN3O-. The molecule has 0 N–H and O–H groups in total. The van der Waals surface area contributed by atoms with Gasteiger partial charge >= 0.3 is 0 Å². The number of rotatable bonds is 6. The number of imidazole rings is 1. The molecule has 4 aromatic rings. The maximum absolute atomic E-state index is 13.0. The summed E-state index contributed by atoms with van der Waals surface area (Å²) in [7, 11) is 0. The maximum atomic E-state index is 13.0. The van der Waals surface area contributed by atoms with Gasteiger partial charge < -0.3 is 21.9 Å². The Morgan fingerprint density at radius 3 is 2.47 bits per heavy atom. The lowest BCUT2D eigenvalue weighted by Crippen LogP contribution is -3.00. The van der Waals surface area contributed by atoms with Crippen molar-refractivity contribution in [3.8, 4) is 0 Å². The standard InChI is InChI=1S/C27H27N3O.ClH/c1-2-21-12-6-8-14-24(21)30-19-22(18-26(30)31)27-28-23-13-7-9-15-25(23)29(27)17-16-20-10-4-3-5-11-20;/h3-15,22H,2,16-19H2,1H3;1H/p-1. The van der Waals surface area contributed by atoms with E-state index in [0.29, 0.717) is 13.0 Å². The smallest absolute Gasteiger partial charge is 0.227 e. The van der Waals surface area contributed by atoms with Crippen molar-refractivity contribution in [2.45, 2.75) is 38.6 Å². The first kappa shape index (κ1) is 22.1. The summed E-state index contributed by atoms with van der Waals surface area (Å²) in [5.74, 6) is 1.31. The minimum Gasteiger partial charge on any atom is -1.00 e. The van der Waals surface area contributed by atoms with Crippen LogP contribution in [0.25, 0.3) is 11.0 Å². The molecule has 2 heterocycles. The predicted octanol–water partition coefficient (Wildman–Crippen LogP) is 2.37. The Bertz CT molecular complexity index is 1220. The molecule has 1 aliphatic heterocycles. The summed E-state index contributed by atoms with van der Waals surface area (Å²) >= 11 is 0. The summed E-state index contributed by atoms with van der Waals surface area (Å²) in [6, 6.07) is 27.1. The molecule has 1 amide bonds. The van der Waals surface area contributed by atoms with Gasteiger partial charge in [0.2, 0.25) is 5.91 Å². The summed E-state index contributed by atoms with van der Waals surface area (Å²) in [6.07, 6.45) is 2.37. The van der Waals surface area contributed by atoms with Crippen molar-refractivity contribution in [1.29, 1.82) is 0 Å². The lowest BCUT2D eigenvalue weighted by molar-refractivity contribution is -0.117. The molecule has 5 heteroatoms. The highest BCUT2D eigenvalue weighted by molar-refractivity contribution is 5.97. The zero-order valence-corrected chi connectivity index (χ0v) is 19.0. The Labute approximate surface area is 195 Å². The van der Waals surface area contributed by atoms with Crippen LogP contribution in [0.4, 0.5) is 5.69 Å². The van der Waals surface area contributed by atoms with E-state index in [0.717, 1.165) is 41.9 Å². The summed E-state index contributed by atoms with van der Waals surface area (Å²) in [4.78, 5) is 20.0. The van der Waals surface area contributed by atoms with Gasteiger partial charge in [0.05, 0.1) is 11.0 Å². The molecule has 3 aromatic carbocycles. The van der Waals surface area contributed by atoms with Crippen molar-refractivity contribution < 1.29 is 17.2 Å². The van der Waals surface area contributed by atoms with Gasteiger partial charge in [-0.05, 0) is 42.2 Å². The number of carbonyl (C=O) groups is 1. The Hall–Kier alpha value is -3.11. The average molecular weight is 445 g/mol. The van der Waals surface area contributed by atoms with Crippen LogP contribution < -0.4 is 17.3 Å². The lowest BCUT2D eigenvalue weighted by Gasteiger charge is -2.20. The second-order valence-corrected chi connectivity index (χ2v) is 8.23. The first-order valence-electron chi connectivity index (χ1n) is 11.1. The normalized spacial score (nSPS) is 15.8. The number of nitrogens with zero attached hydrogens (tertiary/aromatic N) is 3. The molecule has 1 unspecified atom stereocenters. The number of aromatic nitrogens is 2. The third-order valence-corrected chi connectivity index (χ3v) is 6.30. The van der Waals surface area contributed by atoms with E-state index >= 15 is 0 Å². The highest BCUT2D eigenvalue weighted by Crippen LogP contribution is 2.34. The molecule has 1 saturated heterocycles. The van der Waals surface area contributed by atoms with Gasteiger partial charge in [-0.2, -0.15) is 0 Å². The van der Waals surface area contributed by atoms with Gasteiger partial charge in [-0.3, -0.25) is 4.79 Å². The van der Waals surface area contributed by atoms with E-state index in [4.69, 9.17) is 4.98 Å². The summed E-state index contributed by atoms with van der Waals surface area (Å²) in [5.41, 5.74) is 5.73. The summed E-state index contributed by atoms with van der Waals surface area (Å²) in [6.45, 7) is 3.68. The van der Waals surface area contributed by atoms with Crippen LogP contribution in [0.2, 0.25) is 0 Å². The van der Waals surface area contributed by atoms with Crippen LogP contribution in [0.15, 0.2) is 78.9 Å². The summed E-state index contributed by atoms with van der Waals surface area (Å²) < 4.78 is 2.33. The quantitative estimate of drug-likeness (QED) is 0.458. The zero-order chi connectivity index (χ0) is 21.2. The van der Waals surface area contributed by atoms with Crippen LogP contribution in [0, 0.1) is 0 Å². The van der Waals surface area contributed by atoms with Gasteiger partial charge in [-0.25, -0.2) is 4.98 Å². The van der Waals surface area contributed by atoms with E-state index in [1.54, 1.807) is 0 Å². The topological polar surface area (TPSA) is 38.1 Å². The fraction of sp³-hybridized carbons (Fsp3) is 0.259. The van der Waals surface area contributed by atoms with Crippen molar-refractivity contribution >= 4 is 22.6 Å². The molecule has 32 heavy (non-hydrogen) atoms. The Morgan fingerprint density at radius 2 is 1.66 bits per heavy atom. The number of aryl methyl sites for hydroxylation is 3. The van der Waals surface area contributed by atoms with Gasteiger partial charge in [0.25, 0.3) is 0 Å². The van der Waals surface area contributed by atoms with E-state index in [1.165, 1.54) is 11.1 Å². The van der Waals surface area contributed by atoms with Gasteiger partial charge in [-0.15, -0.1) is 0 Å². The van der Waals surface area contributed by atoms with Crippen LogP contribution in [-0.4, -0.2) is 22.0 Å². The highest BCUT2D eigenvalue weighted by atomic mass is 35.5. The SMILES string of the molecule is CCc1ccccc1N1CC(c2nc3ccccc3n2CCc2ccccc2)CC1=O.[Cl-]. The third-order valence-electron chi connectivity index (χ3n) is 6.30. The molecular weight excluding hydrogens is 418 g/mol. The largest absolute Gasteiger partial charge is 1.00 e. The van der Waals surface area contributed by atoms with Crippen LogP contribution in [0.1, 0.15) is 36.2 Å². The second kappa shape index (κ2) is 9.58. The van der Waals surface area contributed by atoms with Crippen molar-refractivity contribution in [1.82, 2.24) is 9.55 Å². The van der Waals surface area contributed by atoms with E-state index in [-0.39, 0.29) is 24.2 Å². The lowest BCUT2D eigenvalue weighted by atomic mass is 10.1. The molecule has 0 bridgehead atoms. The number of para-hydroxylation sites is 3. The molecule has 1 atom stereocenters. The first-order valence-corrected chi connectivity index (χ1v) is 11.1. The Balaban J connectivity index is 0.00000245. The molecule has 5 rings (SSSR count). The van der Waals surface area contributed by atoms with Gasteiger partial charge in [0.15, 0.2) is 0 Å². The Kier molecular flexibility index (Phi) is 6.61. The number of benzene rings is 3. The highest BCUT2D eigenvalue weighted by Gasteiger charge is 2.35. The van der Waals surface area contributed by atoms with E-state index in [9.17, 15) is 4.79 Å². The number of halogens is 1. The maximum Gasteiger partial charge on any atom is 0.227 e. The molecule has 164 valence electrons. The van der Waals surface area contributed by atoms with Crippen LogP contribution in [0.3, 0.4) is 0 Å². The number of hydrogen-bond donors (Lipinski definition) is 0. The molecule has 1 fully saturated rings. The molecule has 0 spiro atoms. The predicted molar refractivity (Wildman–Crippen MR) is 125 cm³/mol. The summed E-state index contributed by atoms with van der Waals surface area (Å²) in [5, 5.41) is 0. The minimum atomic E-state index is 0. The van der Waals surface area contributed by atoms with E-state index in [2.05, 4.69) is 72.2 Å². The number of anilines is 1. The number of amides is 1. The molecule has 4 nitrogen and oxygen atoms in total. The van der Waals surface area contributed by atoms with Crippen molar-refractivity contribution in [2.75, 3.05) is 11.4 Å². The van der Waals surface area contributed by atoms with Crippen molar-refractivity contribution in [2.24, 2.45) is 0 Å². The van der Waals surface area contributed by atoms with Gasteiger partial charge in [0, 0.05) is 31.1 Å². The van der Waals surface area contributed by atoms with E-state index in [1.807, 2.05) is 23.1 Å². The minimum absolute atomic E-state index is 0. The fourth-order valence-corrected chi connectivity index (χ4v) is 4.71.